The summed E-state index contributed by atoms with van der Waals surface area (Å²) in [6, 6.07) is 0. The summed E-state index contributed by atoms with van der Waals surface area (Å²) < 4.78 is 4.62. The van der Waals surface area contributed by atoms with Crippen molar-refractivity contribution >= 4 is 11.9 Å². The highest BCUT2D eigenvalue weighted by molar-refractivity contribution is 5.88. The first-order valence-corrected chi connectivity index (χ1v) is 5.34. The Morgan fingerprint density at radius 3 is 2.56 bits per heavy atom. The van der Waals surface area contributed by atoms with Crippen LogP contribution < -0.4 is 10.6 Å². The van der Waals surface area contributed by atoms with Gasteiger partial charge < -0.3 is 15.4 Å². The van der Waals surface area contributed by atoms with Crippen molar-refractivity contribution in [3.05, 3.63) is 11.6 Å². The Kier molecular flexibility index (Phi) is 8.15. The molecule has 0 saturated heterocycles. The highest BCUT2D eigenvalue weighted by Crippen LogP contribution is 2.01. The fraction of sp³-hybridized carbons (Fsp3) is 0.636. The van der Waals surface area contributed by atoms with E-state index >= 15 is 0 Å². The molecule has 0 spiro atoms. The minimum atomic E-state index is -0.296. The molecule has 16 heavy (non-hydrogen) atoms. The lowest BCUT2D eigenvalue weighted by Gasteiger charge is -2.03. The van der Waals surface area contributed by atoms with Crippen LogP contribution in [0.25, 0.3) is 0 Å². The van der Waals surface area contributed by atoms with Crippen molar-refractivity contribution in [2.75, 3.05) is 27.2 Å². The molecule has 0 unspecified atom stereocenters. The average molecular weight is 228 g/mol. The van der Waals surface area contributed by atoms with Gasteiger partial charge in [-0.05, 0) is 6.42 Å². The van der Waals surface area contributed by atoms with Crippen molar-refractivity contribution in [3.63, 3.8) is 0 Å². The maximum Gasteiger partial charge on any atom is 0.333 e. The zero-order valence-corrected chi connectivity index (χ0v) is 10.1. The Labute approximate surface area is 96.2 Å². The number of nitrogens with one attached hydrogen (secondary N) is 2. The highest BCUT2D eigenvalue weighted by atomic mass is 16.5. The second-order valence-corrected chi connectivity index (χ2v) is 3.20. The van der Waals surface area contributed by atoms with Crippen LogP contribution in [0.4, 0.5) is 0 Å². The second-order valence-electron chi connectivity index (χ2n) is 3.20. The number of methoxy groups -OCH3 is 1. The van der Waals surface area contributed by atoms with Crippen LogP contribution in [0.3, 0.4) is 0 Å². The van der Waals surface area contributed by atoms with Crippen LogP contribution in [-0.4, -0.2) is 39.1 Å². The Morgan fingerprint density at radius 2 is 2.06 bits per heavy atom. The molecule has 92 valence electrons. The molecule has 0 aliphatic heterocycles. The third-order valence-corrected chi connectivity index (χ3v) is 2.13. The Hall–Kier alpha value is -1.36. The quantitative estimate of drug-likeness (QED) is 0.371. The van der Waals surface area contributed by atoms with E-state index in [2.05, 4.69) is 15.4 Å². The number of amides is 1. The molecule has 0 saturated carbocycles. The smallest absolute Gasteiger partial charge is 0.333 e. The molecule has 0 aliphatic rings. The zero-order valence-electron chi connectivity index (χ0n) is 10.1. The van der Waals surface area contributed by atoms with Gasteiger partial charge in [-0.2, -0.15) is 0 Å². The van der Waals surface area contributed by atoms with E-state index < -0.39 is 0 Å². The van der Waals surface area contributed by atoms with E-state index in [0.717, 1.165) is 0 Å². The maximum absolute atomic E-state index is 11.2. The molecule has 0 aliphatic carbocycles. The van der Waals surface area contributed by atoms with Gasteiger partial charge in [0, 0.05) is 32.1 Å². The summed E-state index contributed by atoms with van der Waals surface area (Å²) in [6.45, 7) is 3.05. The molecule has 0 atom stereocenters. The van der Waals surface area contributed by atoms with Crippen molar-refractivity contribution in [1.82, 2.24) is 10.6 Å². The van der Waals surface area contributed by atoms with Gasteiger partial charge in [0.25, 0.3) is 0 Å². The Bertz CT molecular complexity index is 262. The molecule has 0 fully saturated rings. The van der Waals surface area contributed by atoms with Crippen LogP contribution in [0.1, 0.15) is 19.8 Å². The number of carbonyl (C=O) groups is 2. The molecular formula is C11H20N2O3. The summed E-state index contributed by atoms with van der Waals surface area (Å²) in [4.78, 5) is 22.1. The summed E-state index contributed by atoms with van der Waals surface area (Å²) in [5, 5.41) is 5.58. The van der Waals surface area contributed by atoms with Crippen LogP contribution in [0, 0.1) is 0 Å². The van der Waals surface area contributed by atoms with Crippen LogP contribution in [0.15, 0.2) is 11.6 Å². The van der Waals surface area contributed by atoms with E-state index in [-0.39, 0.29) is 11.9 Å². The first kappa shape index (κ1) is 14.6. The predicted molar refractivity (Wildman–Crippen MR) is 61.9 cm³/mol. The van der Waals surface area contributed by atoms with Gasteiger partial charge in [0.1, 0.15) is 0 Å². The molecule has 0 aromatic rings. The Morgan fingerprint density at radius 1 is 1.38 bits per heavy atom. The third-order valence-electron chi connectivity index (χ3n) is 2.13. The average Bonchev–Trinajstić information content (AvgIpc) is 2.32. The normalized spacial score (nSPS) is 11.1. The number of hydrogen-bond donors (Lipinski definition) is 2. The third kappa shape index (κ3) is 6.19. The van der Waals surface area contributed by atoms with E-state index in [1.807, 2.05) is 6.92 Å². The van der Waals surface area contributed by atoms with E-state index in [4.69, 9.17) is 0 Å². The lowest BCUT2D eigenvalue weighted by molar-refractivity contribution is -0.136. The largest absolute Gasteiger partial charge is 0.466 e. The fourth-order valence-electron chi connectivity index (χ4n) is 1.13. The summed E-state index contributed by atoms with van der Waals surface area (Å²) in [7, 11) is 2.97. The molecule has 0 aromatic carbocycles. The number of rotatable bonds is 7. The molecule has 0 rings (SSSR count). The van der Waals surface area contributed by atoms with Crippen molar-refractivity contribution < 1.29 is 14.3 Å². The van der Waals surface area contributed by atoms with Gasteiger partial charge in [-0.3, -0.25) is 4.79 Å². The number of carbonyl (C=O) groups excluding carboxylic acids is 2. The molecule has 0 aromatic heterocycles. The van der Waals surface area contributed by atoms with Gasteiger partial charge in [0.15, 0.2) is 0 Å². The number of ether oxygens (including phenoxy) is 1. The van der Waals surface area contributed by atoms with E-state index in [9.17, 15) is 9.59 Å². The van der Waals surface area contributed by atoms with Crippen molar-refractivity contribution in [1.29, 1.82) is 0 Å². The van der Waals surface area contributed by atoms with E-state index in [0.29, 0.717) is 31.5 Å². The molecule has 0 bridgehead atoms. The van der Waals surface area contributed by atoms with Gasteiger partial charge >= 0.3 is 5.97 Å². The maximum atomic E-state index is 11.2. The first-order valence-electron chi connectivity index (χ1n) is 5.34. The van der Waals surface area contributed by atoms with Crippen molar-refractivity contribution in [2.45, 2.75) is 19.8 Å². The number of esters is 1. The Balaban J connectivity index is 3.80. The predicted octanol–water partition coefficient (Wildman–Crippen LogP) is 0.222. The van der Waals surface area contributed by atoms with E-state index in [1.165, 1.54) is 7.11 Å². The first-order chi connectivity index (χ1) is 7.65. The topological polar surface area (TPSA) is 67.4 Å². The van der Waals surface area contributed by atoms with Gasteiger partial charge in [-0.1, -0.05) is 13.0 Å². The molecule has 2 N–H and O–H groups in total. The van der Waals surface area contributed by atoms with Crippen molar-refractivity contribution in [3.8, 4) is 0 Å². The summed E-state index contributed by atoms with van der Waals surface area (Å²) in [5.74, 6) is -0.296. The molecule has 5 nitrogen and oxygen atoms in total. The summed E-state index contributed by atoms with van der Waals surface area (Å²) >= 11 is 0. The van der Waals surface area contributed by atoms with Crippen LogP contribution >= 0.6 is 0 Å². The minimum Gasteiger partial charge on any atom is -0.466 e. The molecule has 5 heteroatoms. The fourth-order valence-corrected chi connectivity index (χ4v) is 1.13. The zero-order chi connectivity index (χ0) is 12.4. The monoisotopic (exact) mass is 228 g/mol. The van der Waals surface area contributed by atoms with Gasteiger partial charge in [0.2, 0.25) is 5.91 Å². The minimum absolute atomic E-state index is 0.000150. The van der Waals surface area contributed by atoms with E-state index in [1.54, 1.807) is 13.1 Å². The molecule has 0 heterocycles. The molecular weight excluding hydrogens is 208 g/mol. The SMILES string of the molecule is CCC(=CCNCCC(=O)NC)C(=O)OC. The standard InChI is InChI=1S/C11H20N2O3/c1-4-9(11(15)16-3)5-7-13-8-6-10(14)12-2/h5,13H,4,6-8H2,1-3H3,(H,12,14). The molecule has 0 radical (unpaired) electrons. The lowest BCUT2D eigenvalue weighted by Crippen LogP contribution is -2.25. The van der Waals surface area contributed by atoms with Crippen LogP contribution in [0.2, 0.25) is 0 Å². The van der Waals surface area contributed by atoms with Crippen molar-refractivity contribution in [2.24, 2.45) is 0 Å². The summed E-state index contributed by atoms with van der Waals surface area (Å²) in [6.07, 6.45) is 2.86. The summed E-state index contributed by atoms with van der Waals surface area (Å²) in [5.41, 5.74) is 0.648. The van der Waals surface area contributed by atoms with Gasteiger partial charge in [-0.25, -0.2) is 4.79 Å². The second kappa shape index (κ2) is 8.91. The van der Waals surface area contributed by atoms with Crippen LogP contribution in [0.5, 0.6) is 0 Å². The highest BCUT2D eigenvalue weighted by Gasteiger charge is 2.05. The lowest BCUT2D eigenvalue weighted by atomic mass is 10.2. The number of hydrogen-bond acceptors (Lipinski definition) is 4. The van der Waals surface area contributed by atoms with Gasteiger partial charge in [0.05, 0.1) is 7.11 Å². The molecule has 1 amide bonds. The van der Waals surface area contributed by atoms with Gasteiger partial charge in [-0.15, -0.1) is 0 Å². The van der Waals surface area contributed by atoms with Crippen LogP contribution in [-0.2, 0) is 14.3 Å².